The molecule has 0 unspecified atom stereocenters. The van der Waals surface area contributed by atoms with Gasteiger partial charge in [0.1, 0.15) is 18.1 Å². The fraction of sp³-hybridized carbons (Fsp3) is 0.348. The number of methoxy groups -OCH3 is 1. The summed E-state index contributed by atoms with van der Waals surface area (Å²) in [5, 5.41) is 6.51. The SMILES string of the molecule is COc1ccn2ccc(C(=O)N[C@H]3COc4cc(N5CCNCC5)ccc4C3)c2c1. The number of hydrogen-bond donors (Lipinski definition) is 2. The number of hydrogen-bond acceptors (Lipinski definition) is 5. The third-order valence-electron chi connectivity index (χ3n) is 5.89. The molecule has 1 saturated heterocycles. The molecule has 4 heterocycles. The molecule has 1 aromatic carbocycles. The lowest BCUT2D eigenvalue weighted by Crippen LogP contribution is -2.44. The number of rotatable bonds is 4. The number of fused-ring (bicyclic) bond motifs is 2. The van der Waals surface area contributed by atoms with Gasteiger partial charge in [-0.3, -0.25) is 4.79 Å². The van der Waals surface area contributed by atoms with Crippen LogP contribution in [0.4, 0.5) is 5.69 Å². The van der Waals surface area contributed by atoms with Crippen LogP contribution >= 0.6 is 0 Å². The number of nitrogens with one attached hydrogen (secondary N) is 2. The molecule has 2 aliphatic rings. The molecule has 0 spiro atoms. The van der Waals surface area contributed by atoms with Crippen LogP contribution in [0.15, 0.2) is 48.8 Å². The molecule has 3 aromatic rings. The molecule has 7 heteroatoms. The van der Waals surface area contributed by atoms with E-state index in [2.05, 4.69) is 33.7 Å². The zero-order valence-corrected chi connectivity index (χ0v) is 17.1. The van der Waals surface area contributed by atoms with Crippen molar-refractivity contribution in [1.29, 1.82) is 0 Å². The van der Waals surface area contributed by atoms with E-state index in [-0.39, 0.29) is 11.9 Å². The number of ether oxygens (including phenoxy) is 2. The fourth-order valence-electron chi connectivity index (χ4n) is 4.23. The Balaban J connectivity index is 1.29. The second-order valence-corrected chi connectivity index (χ2v) is 7.80. The summed E-state index contributed by atoms with van der Waals surface area (Å²) < 4.78 is 13.2. The second kappa shape index (κ2) is 7.91. The zero-order chi connectivity index (χ0) is 20.5. The normalized spacial score (nSPS) is 18.6. The molecule has 0 bridgehead atoms. The first-order valence-corrected chi connectivity index (χ1v) is 10.4. The minimum atomic E-state index is -0.0970. The van der Waals surface area contributed by atoms with Crippen LogP contribution in [0.25, 0.3) is 5.52 Å². The van der Waals surface area contributed by atoms with Gasteiger partial charge in [0.2, 0.25) is 0 Å². The maximum absolute atomic E-state index is 12.9. The van der Waals surface area contributed by atoms with E-state index in [0.29, 0.717) is 12.2 Å². The minimum Gasteiger partial charge on any atom is -0.497 e. The predicted octanol–water partition coefficient (Wildman–Crippen LogP) is 2.09. The van der Waals surface area contributed by atoms with E-state index in [1.54, 1.807) is 7.11 Å². The molecule has 5 rings (SSSR count). The number of carbonyl (C=O) groups is 1. The van der Waals surface area contributed by atoms with Gasteiger partial charge in [-0.15, -0.1) is 0 Å². The van der Waals surface area contributed by atoms with Gasteiger partial charge in [-0.05, 0) is 30.2 Å². The van der Waals surface area contributed by atoms with Crippen LogP contribution in [0.1, 0.15) is 15.9 Å². The Morgan fingerprint density at radius 1 is 1.17 bits per heavy atom. The van der Waals surface area contributed by atoms with Crippen LogP contribution in [-0.4, -0.2) is 56.2 Å². The summed E-state index contributed by atoms with van der Waals surface area (Å²) in [5.41, 5.74) is 3.79. The Hall–Kier alpha value is -3.19. The average molecular weight is 406 g/mol. The van der Waals surface area contributed by atoms with Gasteiger partial charge in [0.15, 0.2) is 0 Å². The number of nitrogens with zero attached hydrogens (tertiary/aromatic N) is 2. The van der Waals surface area contributed by atoms with Gasteiger partial charge in [0, 0.05) is 56.4 Å². The van der Waals surface area contributed by atoms with Gasteiger partial charge in [0.05, 0.1) is 24.2 Å². The topological polar surface area (TPSA) is 67.2 Å². The molecular weight excluding hydrogens is 380 g/mol. The van der Waals surface area contributed by atoms with E-state index in [1.807, 2.05) is 35.0 Å². The van der Waals surface area contributed by atoms with Crippen molar-refractivity contribution < 1.29 is 14.3 Å². The molecular formula is C23H26N4O3. The highest BCUT2D eigenvalue weighted by Crippen LogP contribution is 2.30. The van der Waals surface area contributed by atoms with Crippen LogP contribution < -0.4 is 25.0 Å². The predicted molar refractivity (Wildman–Crippen MR) is 116 cm³/mol. The van der Waals surface area contributed by atoms with Crippen LogP contribution in [0, 0.1) is 0 Å². The van der Waals surface area contributed by atoms with Gasteiger partial charge >= 0.3 is 0 Å². The first-order chi connectivity index (χ1) is 14.7. The van der Waals surface area contributed by atoms with E-state index in [1.165, 1.54) is 5.69 Å². The largest absolute Gasteiger partial charge is 0.497 e. The number of carbonyl (C=O) groups excluding carboxylic acids is 1. The monoisotopic (exact) mass is 406 g/mol. The third-order valence-corrected chi connectivity index (χ3v) is 5.89. The highest BCUT2D eigenvalue weighted by atomic mass is 16.5. The van der Waals surface area contributed by atoms with Crippen molar-refractivity contribution in [2.45, 2.75) is 12.5 Å². The molecule has 0 radical (unpaired) electrons. The maximum Gasteiger partial charge on any atom is 0.253 e. The van der Waals surface area contributed by atoms with Crippen LogP contribution in [0.3, 0.4) is 0 Å². The highest BCUT2D eigenvalue weighted by molar-refractivity contribution is 6.01. The summed E-state index contributed by atoms with van der Waals surface area (Å²) in [5.74, 6) is 1.56. The molecule has 1 amide bonds. The Labute approximate surface area is 175 Å². The number of benzene rings is 1. The summed E-state index contributed by atoms with van der Waals surface area (Å²) in [6, 6.07) is 11.9. The lowest BCUT2D eigenvalue weighted by atomic mass is 10.0. The quantitative estimate of drug-likeness (QED) is 0.695. The molecule has 30 heavy (non-hydrogen) atoms. The Kier molecular flexibility index (Phi) is 4.96. The van der Waals surface area contributed by atoms with Crippen molar-refractivity contribution in [3.63, 3.8) is 0 Å². The second-order valence-electron chi connectivity index (χ2n) is 7.80. The third kappa shape index (κ3) is 3.57. The molecule has 0 aliphatic carbocycles. The fourth-order valence-corrected chi connectivity index (χ4v) is 4.23. The summed E-state index contributed by atoms with van der Waals surface area (Å²) >= 11 is 0. The van der Waals surface area contributed by atoms with E-state index >= 15 is 0 Å². The number of piperazine rings is 1. The summed E-state index contributed by atoms with van der Waals surface area (Å²) in [7, 11) is 1.62. The highest BCUT2D eigenvalue weighted by Gasteiger charge is 2.24. The lowest BCUT2D eigenvalue weighted by molar-refractivity contribution is 0.0917. The Morgan fingerprint density at radius 2 is 2.00 bits per heavy atom. The molecule has 1 fully saturated rings. The van der Waals surface area contributed by atoms with Crippen LogP contribution in [0.2, 0.25) is 0 Å². The Bertz CT molecular complexity index is 1070. The van der Waals surface area contributed by atoms with Gasteiger partial charge in [-0.2, -0.15) is 0 Å². The van der Waals surface area contributed by atoms with Crippen molar-refractivity contribution in [3.05, 3.63) is 59.9 Å². The van der Waals surface area contributed by atoms with Crippen molar-refractivity contribution in [2.24, 2.45) is 0 Å². The average Bonchev–Trinajstić information content (AvgIpc) is 3.22. The van der Waals surface area contributed by atoms with Crippen molar-refractivity contribution in [1.82, 2.24) is 15.0 Å². The lowest BCUT2D eigenvalue weighted by Gasteiger charge is -2.31. The van der Waals surface area contributed by atoms with Crippen LogP contribution in [0.5, 0.6) is 11.5 Å². The number of anilines is 1. The smallest absolute Gasteiger partial charge is 0.253 e. The van der Waals surface area contributed by atoms with Crippen molar-refractivity contribution in [2.75, 3.05) is 44.8 Å². The molecule has 7 nitrogen and oxygen atoms in total. The summed E-state index contributed by atoms with van der Waals surface area (Å²) in [6.45, 7) is 4.50. The molecule has 1 atom stereocenters. The van der Waals surface area contributed by atoms with Crippen molar-refractivity contribution in [3.8, 4) is 11.5 Å². The molecule has 0 saturated carbocycles. The minimum absolute atomic E-state index is 0.0596. The Morgan fingerprint density at radius 3 is 2.83 bits per heavy atom. The molecule has 156 valence electrons. The van der Waals surface area contributed by atoms with E-state index in [9.17, 15) is 4.79 Å². The van der Waals surface area contributed by atoms with Crippen LogP contribution in [-0.2, 0) is 6.42 Å². The van der Waals surface area contributed by atoms with E-state index < -0.39 is 0 Å². The molecule has 2 N–H and O–H groups in total. The van der Waals surface area contributed by atoms with Crippen molar-refractivity contribution >= 4 is 17.1 Å². The first-order valence-electron chi connectivity index (χ1n) is 10.4. The number of pyridine rings is 1. The van der Waals surface area contributed by atoms with E-state index in [4.69, 9.17) is 9.47 Å². The summed E-state index contributed by atoms with van der Waals surface area (Å²) in [4.78, 5) is 15.3. The van der Waals surface area contributed by atoms with Gasteiger partial charge < -0.3 is 29.4 Å². The maximum atomic E-state index is 12.9. The van der Waals surface area contributed by atoms with Gasteiger partial charge in [0.25, 0.3) is 5.91 Å². The molecule has 2 aliphatic heterocycles. The number of aromatic nitrogens is 1. The van der Waals surface area contributed by atoms with Gasteiger partial charge in [-0.25, -0.2) is 0 Å². The van der Waals surface area contributed by atoms with E-state index in [0.717, 1.165) is 55.2 Å². The molecule has 2 aromatic heterocycles. The first kappa shape index (κ1) is 18.8. The zero-order valence-electron chi connectivity index (χ0n) is 17.1. The number of amides is 1. The summed E-state index contributed by atoms with van der Waals surface area (Å²) in [6.07, 6.45) is 4.53. The van der Waals surface area contributed by atoms with Gasteiger partial charge in [-0.1, -0.05) is 6.07 Å². The standard InChI is InChI=1S/C23H26N4O3/c1-29-19-4-8-27-9-5-20(21(27)14-19)23(28)25-17-12-16-2-3-18(13-22(16)30-15-17)26-10-6-24-7-11-26/h2-5,8-9,13-14,17,24H,6-7,10-12,15H2,1H3,(H,25,28)/t17-/m1/s1.